The normalized spacial score (nSPS) is 10.0. The zero-order chi connectivity index (χ0) is 11.4. The highest BCUT2D eigenvalue weighted by molar-refractivity contribution is 5.69. The average Bonchev–Trinajstić information content (AvgIpc) is 2.30. The third-order valence-electron chi connectivity index (χ3n) is 2.12. The molecule has 4 nitrogen and oxygen atoms in total. The monoisotopic (exact) mass is 214 g/mol. The first-order valence-corrected chi connectivity index (χ1v) is 4.84. The lowest BCUT2D eigenvalue weighted by molar-refractivity contribution is -0.136. The van der Waals surface area contributed by atoms with E-state index in [1.54, 1.807) is 12.4 Å². The largest absolute Gasteiger partial charge is 0.481 e. The number of hydrogen-bond donors (Lipinski definition) is 1. The molecule has 0 atom stereocenters. The Bertz CT molecular complexity index is 480. The molecule has 0 amide bonds. The summed E-state index contributed by atoms with van der Waals surface area (Å²) in [6.45, 7) is 0. The van der Waals surface area contributed by atoms with Crippen molar-refractivity contribution in [1.82, 2.24) is 9.97 Å². The van der Waals surface area contributed by atoms with E-state index >= 15 is 0 Å². The predicted octanol–water partition coefficient (Wildman–Crippen LogP) is 1.77. The second-order valence-electron chi connectivity index (χ2n) is 3.32. The molecule has 0 saturated carbocycles. The van der Waals surface area contributed by atoms with Gasteiger partial charge in [-0.3, -0.25) is 4.79 Å². The Morgan fingerprint density at radius 1 is 1.06 bits per heavy atom. The highest BCUT2D eigenvalue weighted by atomic mass is 16.4. The predicted molar refractivity (Wildman–Crippen MR) is 58.8 cm³/mol. The molecule has 80 valence electrons. The summed E-state index contributed by atoms with van der Waals surface area (Å²) in [6.07, 6.45) is 3.14. The van der Waals surface area contributed by atoms with Crippen LogP contribution in [0.3, 0.4) is 0 Å². The Morgan fingerprint density at radius 3 is 2.25 bits per heavy atom. The van der Waals surface area contributed by atoms with Crippen molar-refractivity contribution in [3.63, 3.8) is 0 Å². The molecule has 0 fully saturated rings. The van der Waals surface area contributed by atoms with Gasteiger partial charge < -0.3 is 5.11 Å². The first-order chi connectivity index (χ1) is 7.75. The van der Waals surface area contributed by atoms with Gasteiger partial charge in [0.2, 0.25) is 0 Å². The molecule has 0 aliphatic carbocycles. The van der Waals surface area contributed by atoms with Gasteiger partial charge in [-0.1, -0.05) is 30.3 Å². The van der Waals surface area contributed by atoms with Gasteiger partial charge in [0, 0.05) is 18.0 Å². The summed E-state index contributed by atoms with van der Waals surface area (Å²) >= 11 is 0. The molecule has 0 spiro atoms. The van der Waals surface area contributed by atoms with Crippen LogP contribution >= 0.6 is 0 Å². The Kier molecular flexibility index (Phi) is 2.91. The number of carbonyl (C=O) groups is 1. The van der Waals surface area contributed by atoms with Crippen LogP contribution in [-0.4, -0.2) is 21.0 Å². The Labute approximate surface area is 92.6 Å². The lowest BCUT2D eigenvalue weighted by Gasteiger charge is -2.00. The van der Waals surface area contributed by atoms with E-state index < -0.39 is 5.97 Å². The van der Waals surface area contributed by atoms with Crippen molar-refractivity contribution in [3.8, 4) is 11.1 Å². The first kappa shape index (κ1) is 10.3. The lowest BCUT2D eigenvalue weighted by atomic mass is 10.1. The molecule has 1 N–H and O–H groups in total. The van der Waals surface area contributed by atoms with Crippen molar-refractivity contribution in [2.75, 3.05) is 0 Å². The van der Waals surface area contributed by atoms with Gasteiger partial charge in [-0.15, -0.1) is 0 Å². The van der Waals surface area contributed by atoms with E-state index in [1.807, 2.05) is 30.3 Å². The molecule has 0 radical (unpaired) electrons. The van der Waals surface area contributed by atoms with Crippen molar-refractivity contribution in [2.45, 2.75) is 6.42 Å². The minimum atomic E-state index is -0.924. The van der Waals surface area contributed by atoms with Gasteiger partial charge in [0.1, 0.15) is 12.2 Å². The maximum atomic E-state index is 10.4. The molecule has 0 aliphatic rings. The summed E-state index contributed by atoms with van der Waals surface area (Å²) in [5.74, 6) is -0.598. The number of aromatic nitrogens is 2. The number of nitrogens with zero attached hydrogens (tertiary/aromatic N) is 2. The molecule has 0 saturated heterocycles. The molecule has 0 unspecified atom stereocenters. The smallest absolute Gasteiger partial charge is 0.311 e. The summed E-state index contributed by atoms with van der Waals surface area (Å²) in [6, 6.07) is 9.70. The van der Waals surface area contributed by atoms with E-state index in [-0.39, 0.29) is 6.42 Å². The Balaban J connectivity index is 2.23. The molecular formula is C12H10N2O2. The SMILES string of the molecule is O=C(O)Cc1ncc(-c2ccccc2)cn1. The van der Waals surface area contributed by atoms with Gasteiger partial charge in [0.25, 0.3) is 0 Å². The summed E-state index contributed by atoms with van der Waals surface area (Å²) < 4.78 is 0. The molecule has 2 aromatic rings. The van der Waals surface area contributed by atoms with Gasteiger partial charge in [-0.2, -0.15) is 0 Å². The second-order valence-corrected chi connectivity index (χ2v) is 3.32. The van der Waals surface area contributed by atoms with Crippen LogP contribution in [-0.2, 0) is 11.2 Å². The third-order valence-corrected chi connectivity index (χ3v) is 2.12. The van der Waals surface area contributed by atoms with Crippen molar-refractivity contribution in [1.29, 1.82) is 0 Å². The Hall–Kier alpha value is -2.23. The molecule has 2 rings (SSSR count). The zero-order valence-corrected chi connectivity index (χ0v) is 8.50. The fraction of sp³-hybridized carbons (Fsp3) is 0.0833. The van der Waals surface area contributed by atoms with Crippen LogP contribution in [0.5, 0.6) is 0 Å². The fourth-order valence-electron chi connectivity index (χ4n) is 1.36. The summed E-state index contributed by atoms with van der Waals surface area (Å²) in [5.41, 5.74) is 1.90. The van der Waals surface area contributed by atoms with E-state index in [0.29, 0.717) is 5.82 Å². The van der Waals surface area contributed by atoms with Crippen LogP contribution in [0.15, 0.2) is 42.7 Å². The Morgan fingerprint density at radius 2 is 1.69 bits per heavy atom. The zero-order valence-electron chi connectivity index (χ0n) is 8.50. The molecule has 0 aliphatic heterocycles. The highest BCUT2D eigenvalue weighted by Gasteiger charge is 2.03. The molecule has 4 heteroatoms. The minimum absolute atomic E-state index is 0.144. The van der Waals surface area contributed by atoms with Gasteiger partial charge >= 0.3 is 5.97 Å². The standard InChI is InChI=1S/C12H10N2O2/c15-12(16)6-11-13-7-10(8-14-11)9-4-2-1-3-5-9/h1-5,7-8H,6H2,(H,15,16). The van der Waals surface area contributed by atoms with E-state index in [1.165, 1.54) is 0 Å². The third kappa shape index (κ3) is 2.42. The van der Waals surface area contributed by atoms with E-state index in [9.17, 15) is 4.79 Å². The molecule has 1 heterocycles. The van der Waals surface area contributed by atoms with Gasteiger partial charge in [0.05, 0.1) is 0 Å². The maximum Gasteiger partial charge on any atom is 0.311 e. The first-order valence-electron chi connectivity index (χ1n) is 4.84. The number of benzene rings is 1. The lowest BCUT2D eigenvalue weighted by Crippen LogP contribution is -2.04. The number of aliphatic carboxylic acids is 1. The van der Waals surface area contributed by atoms with Crippen LogP contribution < -0.4 is 0 Å². The molecule has 16 heavy (non-hydrogen) atoms. The summed E-state index contributed by atoms with van der Waals surface area (Å²) in [5, 5.41) is 8.57. The van der Waals surface area contributed by atoms with Crippen LogP contribution in [0, 0.1) is 0 Å². The van der Waals surface area contributed by atoms with Crippen LogP contribution in [0.2, 0.25) is 0 Å². The maximum absolute atomic E-state index is 10.4. The van der Waals surface area contributed by atoms with Crippen LogP contribution in [0.25, 0.3) is 11.1 Å². The molecule has 1 aromatic heterocycles. The van der Waals surface area contributed by atoms with Crippen molar-refractivity contribution >= 4 is 5.97 Å². The van der Waals surface area contributed by atoms with Crippen molar-refractivity contribution < 1.29 is 9.90 Å². The van der Waals surface area contributed by atoms with Gasteiger partial charge in [-0.25, -0.2) is 9.97 Å². The fourth-order valence-corrected chi connectivity index (χ4v) is 1.36. The number of rotatable bonds is 3. The van der Waals surface area contributed by atoms with Gasteiger partial charge in [-0.05, 0) is 5.56 Å². The minimum Gasteiger partial charge on any atom is -0.481 e. The molecule has 1 aromatic carbocycles. The van der Waals surface area contributed by atoms with Gasteiger partial charge in [0.15, 0.2) is 0 Å². The summed E-state index contributed by atoms with van der Waals surface area (Å²) in [7, 11) is 0. The quantitative estimate of drug-likeness (QED) is 0.845. The van der Waals surface area contributed by atoms with Crippen LogP contribution in [0.1, 0.15) is 5.82 Å². The number of carboxylic acid groups (broad SMARTS) is 1. The highest BCUT2D eigenvalue weighted by Crippen LogP contribution is 2.16. The van der Waals surface area contributed by atoms with Crippen molar-refractivity contribution in [3.05, 3.63) is 48.5 Å². The van der Waals surface area contributed by atoms with Crippen molar-refractivity contribution in [2.24, 2.45) is 0 Å². The van der Waals surface area contributed by atoms with Crippen LogP contribution in [0.4, 0.5) is 0 Å². The summed E-state index contributed by atoms with van der Waals surface area (Å²) in [4.78, 5) is 18.5. The number of carboxylic acids is 1. The second kappa shape index (κ2) is 4.53. The molecular weight excluding hydrogens is 204 g/mol. The topological polar surface area (TPSA) is 63.1 Å². The van der Waals surface area contributed by atoms with E-state index in [0.717, 1.165) is 11.1 Å². The number of hydrogen-bond acceptors (Lipinski definition) is 3. The molecule has 0 bridgehead atoms. The van der Waals surface area contributed by atoms with E-state index in [4.69, 9.17) is 5.11 Å². The van der Waals surface area contributed by atoms with E-state index in [2.05, 4.69) is 9.97 Å². The average molecular weight is 214 g/mol.